The normalized spacial score (nSPS) is 17.4. The molecule has 0 bridgehead atoms. The first-order valence-corrected chi connectivity index (χ1v) is 11.1. The molecular formula is C21H16ClF6N3O2S. The third-order valence-corrected chi connectivity index (χ3v) is 6.60. The van der Waals surface area contributed by atoms with E-state index in [2.05, 4.69) is 10.3 Å². The second-order valence-corrected chi connectivity index (χ2v) is 9.25. The van der Waals surface area contributed by atoms with Gasteiger partial charge in [-0.25, -0.2) is 4.98 Å². The maximum absolute atomic E-state index is 13.3. The van der Waals surface area contributed by atoms with Gasteiger partial charge in [-0.05, 0) is 49.7 Å². The van der Waals surface area contributed by atoms with Crippen LogP contribution in [0, 0.1) is 0 Å². The summed E-state index contributed by atoms with van der Waals surface area (Å²) in [5.74, 6) is -1.39. The number of aromatic hydroxyl groups is 1. The SMILES string of the molecule is O=C(Nc1nc2ccc(C(F)(F)F)cc2s1)c1cc(Cl)cc(CN2CCCC2C(F)(F)F)c1O. The fraction of sp³-hybridized carbons (Fsp3) is 0.333. The number of fused-ring (bicyclic) bond motifs is 1. The zero-order chi connectivity index (χ0) is 24.8. The highest BCUT2D eigenvalue weighted by Gasteiger charge is 2.45. The first-order chi connectivity index (χ1) is 15.8. The fourth-order valence-corrected chi connectivity index (χ4v) is 5.01. The molecule has 1 unspecified atom stereocenters. The summed E-state index contributed by atoms with van der Waals surface area (Å²) in [5.41, 5.74) is -0.873. The lowest BCUT2D eigenvalue weighted by Gasteiger charge is -2.27. The van der Waals surface area contributed by atoms with Crippen LogP contribution in [0.4, 0.5) is 31.5 Å². The molecule has 0 spiro atoms. The van der Waals surface area contributed by atoms with E-state index < -0.39 is 35.6 Å². The van der Waals surface area contributed by atoms with Gasteiger partial charge in [-0.3, -0.25) is 15.0 Å². The van der Waals surface area contributed by atoms with Gasteiger partial charge in [0.1, 0.15) is 11.8 Å². The summed E-state index contributed by atoms with van der Waals surface area (Å²) in [6.07, 6.45) is -8.69. The number of nitrogens with one attached hydrogen (secondary N) is 1. The van der Waals surface area contributed by atoms with Crippen molar-refractivity contribution in [2.75, 3.05) is 11.9 Å². The van der Waals surface area contributed by atoms with Crippen molar-refractivity contribution in [2.24, 2.45) is 0 Å². The van der Waals surface area contributed by atoms with Gasteiger partial charge >= 0.3 is 12.4 Å². The highest BCUT2D eigenvalue weighted by Crippen LogP contribution is 2.37. The number of carbonyl (C=O) groups excluding carboxylic acids is 1. The van der Waals surface area contributed by atoms with E-state index in [0.717, 1.165) is 29.5 Å². The summed E-state index contributed by atoms with van der Waals surface area (Å²) in [5, 5.41) is 13.0. The largest absolute Gasteiger partial charge is 0.507 e. The van der Waals surface area contributed by atoms with Crippen molar-refractivity contribution in [2.45, 2.75) is 37.8 Å². The van der Waals surface area contributed by atoms with Crippen molar-refractivity contribution < 1.29 is 36.2 Å². The minimum Gasteiger partial charge on any atom is -0.507 e. The van der Waals surface area contributed by atoms with Gasteiger partial charge in [-0.1, -0.05) is 22.9 Å². The Morgan fingerprint density at radius 3 is 2.62 bits per heavy atom. The molecule has 1 aromatic heterocycles. The number of aromatic nitrogens is 1. The number of hydrogen-bond acceptors (Lipinski definition) is 5. The van der Waals surface area contributed by atoms with Crippen LogP contribution in [-0.4, -0.2) is 39.7 Å². The Bertz CT molecular complexity index is 1240. The smallest absolute Gasteiger partial charge is 0.416 e. The second-order valence-electron chi connectivity index (χ2n) is 7.78. The monoisotopic (exact) mass is 523 g/mol. The predicted octanol–water partition coefficient (Wildman–Crippen LogP) is 6.45. The number of alkyl halides is 6. The lowest BCUT2D eigenvalue weighted by Crippen LogP contribution is -2.40. The van der Waals surface area contributed by atoms with Crippen molar-refractivity contribution in [3.63, 3.8) is 0 Å². The van der Waals surface area contributed by atoms with E-state index in [1.807, 2.05) is 0 Å². The number of nitrogens with zero attached hydrogens (tertiary/aromatic N) is 2. The number of thiazole rings is 1. The van der Waals surface area contributed by atoms with Crippen LogP contribution in [0.3, 0.4) is 0 Å². The standard InChI is InChI=1S/C21H16ClF6N3O2S/c22-12-6-10(9-31-5-1-2-16(31)21(26,27)28)17(32)13(8-12)18(33)30-19-29-14-4-3-11(20(23,24)25)7-15(14)34-19/h3-4,6-8,16,32H,1-2,5,9H2,(H,29,30,33). The van der Waals surface area contributed by atoms with Crippen LogP contribution in [0.5, 0.6) is 5.75 Å². The number of phenolic OH excluding ortho intramolecular Hbond substituents is 1. The summed E-state index contributed by atoms with van der Waals surface area (Å²) in [4.78, 5) is 18.0. The number of hydrogen-bond donors (Lipinski definition) is 2. The zero-order valence-electron chi connectivity index (χ0n) is 17.1. The Hall–Kier alpha value is -2.57. The first-order valence-electron chi connectivity index (χ1n) is 9.94. The van der Waals surface area contributed by atoms with E-state index >= 15 is 0 Å². The molecule has 0 saturated carbocycles. The molecule has 1 aliphatic rings. The van der Waals surface area contributed by atoms with Gasteiger partial charge in [0.15, 0.2) is 5.13 Å². The quantitative estimate of drug-likeness (QED) is 0.386. The average Bonchev–Trinajstić information content (AvgIpc) is 3.35. The first kappa shape index (κ1) is 24.6. The summed E-state index contributed by atoms with van der Waals surface area (Å²) in [6.45, 7) is -0.0957. The topological polar surface area (TPSA) is 65.5 Å². The maximum Gasteiger partial charge on any atom is 0.416 e. The Morgan fingerprint density at radius 2 is 1.94 bits per heavy atom. The molecule has 1 saturated heterocycles. The van der Waals surface area contributed by atoms with Crippen LogP contribution in [0.25, 0.3) is 10.2 Å². The van der Waals surface area contributed by atoms with Crippen LogP contribution in [0.15, 0.2) is 30.3 Å². The van der Waals surface area contributed by atoms with Crippen LogP contribution in [0.2, 0.25) is 5.02 Å². The molecule has 1 atom stereocenters. The summed E-state index contributed by atoms with van der Waals surface area (Å²) < 4.78 is 78.7. The summed E-state index contributed by atoms with van der Waals surface area (Å²) >= 11 is 6.86. The van der Waals surface area contributed by atoms with Crippen LogP contribution in [0.1, 0.15) is 34.3 Å². The van der Waals surface area contributed by atoms with E-state index in [1.165, 1.54) is 17.0 Å². The number of halogens is 7. The Labute approximate surface area is 198 Å². The Morgan fingerprint density at radius 1 is 1.21 bits per heavy atom. The van der Waals surface area contributed by atoms with E-state index in [4.69, 9.17) is 11.6 Å². The van der Waals surface area contributed by atoms with Gasteiger partial charge in [0.05, 0.1) is 21.3 Å². The lowest BCUT2D eigenvalue weighted by atomic mass is 10.1. The van der Waals surface area contributed by atoms with Gasteiger partial charge in [-0.2, -0.15) is 26.3 Å². The predicted molar refractivity (Wildman–Crippen MR) is 115 cm³/mol. The van der Waals surface area contributed by atoms with Gasteiger partial charge < -0.3 is 5.11 Å². The molecular weight excluding hydrogens is 508 g/mol. The third-order valence-electron chi connectivity index (χ3n) is 5.45. The number of phenols is 1. The number of likely N-dealkylation sites (tertiary alicyclic amines) is 1. The molecule has 3 aromatic rings. The molecule has 13 heteroatoms. The molecule has 1 fully saturated rings. The molecule has 1 amide bonds. The van der Waals surface area contributed by atoms with E-state index in [-0.39, 0.29) is 51.0 Å². The number of amides is 1. The molecule has 5 nitrogen and oxygen atoms in total. The summed E-state index contributed by atoms with van der Waals surface area (Å²) in [6, 6.07) is 3.73. The Balaban J connectivity index is 1.57. The molecule has 1 aliphatic heterocycles. The van der Waals surface area contributed by atoms with Gasteiger partial charge in [0.25, 0.3) is 5.91 Å². The highest BCUT2D eigenvalue weighted by molar-refractivity contribution is 7.22. The van der Waals surface area contributed by atoms with E-state index in [9.17, 15) is 36.2 Å². The van der Waals surface area contributed by atoms with Crippen molar-refractivity contribution >= 4 is 44.2 Å². The van der Waals surface area contributed by atoms with Crippen LogP contribution < -0.4 is 5.32 Å². The molecule has 2 heterocycles. The summed E-state index contributed by atoms with van der Waals surface area (Å²) in [7, 11) is 0. The number of rotatable bonds is 4. The maximum atomic E-state index is 13.3. The number of benzene rings is 2. The molecule has 2 aromatic carbocycles. The van der Waals surface area contributed by atoms with Gasteiger partial charge in [0.2, 0.25) is 0 Å². The van der Waals surface area contributed by atoms with Crippen molar-refractivity contribution in [1.82, 2.24) is 9.88 Å². The van der Waals surface area contributed by atoms with Crippen molar-refractivity contribution in [1.29, 1.82) is 0 Å². The minimum atomic E-state index is -4.54. The van der Waals surface area contributed by atoms with Gasteiger partial charge in [-0.15, -0.1) is 0 Å². The van der Waals surface area contributed by atoms with Gasteiger partial charge in [0, 0.05) is 17.1 Å². The highest BCUT2D eigenvalue weighted by atomic mass is 35.5. The molecule has 4 rings (SSSR count). The Kier molecular flexibility index (Phi) is 6.42. The third kappa shape index (κ3) is 5.08. The van der Waals surface area contributed by atoms with E-state index in [0.29, 0.717) is 6.42 Å². The number of anilines is 1. The fourth-order valence-electron chi connectivity index (χ4n) is 3.87. The second kappa shape index (κ2) is 8.90. The average molecular weight is 524 g/mol. The van der Waals surface area contributed by atoms with Crippen LogP contribution >= 0.6 is 22.9 Å². The van der Waals surface area contributed by atoms with Crippen LogP contribution in [-0.2, 0) is 12.7 Å². The zero-order valence-corrected chi connectivity index (χ0v) is 18.7. The molecule has 0 aliphatic carbocycles. The minimum absolute atomic E-state index is 0.0167. The van der Waals surface area contributed by atoms with Crippen molar-refractivity contribution in [3.05, 3.63) is 52.0 Å². The molecule has 34 heavy (non-hydrogen) atoms. The molecule has 0 radical (unpaired) electrons. The number of carbonyl (C=O) groups is 1. The molecule has 182 valence electrons. The lowest BCUT2D eigenvalue weighted by molar-refractivity contribution is -0.177. The molecule has 2 N–H and O–H groups in total. The van der Waals surface area contributed by atoms with E-state index in [1.54, 1.807) is 0 Å². The van der Waals surface area contributed by atoms with Crippen molar-refractivity contribution in [3.8, 4) is 5.75 Å².